The van der Waals surface area contributed by atoms with Crippen molar-refractivity contribution in [3.8, 4) is 5.75 Å². The molecule has 0 saturated heterocycles. The third kappa shape index (κ3) is 6.69. The van der Waals surface area contributed by atoms with E-state index in [1.54, 1.807) is 36.4 Å². The van der Waals surface area contributed by atoms with Crippen molar-refractivity contribution in [3.05, 3.63) is 94.0 Å². The molecule has 0 spiro atoms. The van der Waals surface area contributed by atoms with Crippen molar-refractivity contribution in [1.82, 2.24) is 5.43 Å². The molecule has 0 saturated carbocycles. The van der Waals surface area contributed by atoms with Gasteiger partial charge in [0.1, 0.15) is 12.4 Å². The Morgan fingerprint density at radius 1 is 0.935 bits per heavy atom. The number of carbonyl (C=O) groups is 2. The van der Waals surface area contributed by atoms with Gasteiger partial charge >= 0.3 is 11.8 Å². The molecule has 0 aliphatic rings. The van der Waals surface area contributed by atoms with Crippen LogP contribution in [0.1, 0.15) is 22.3 Å². The molecule has 0 aromatic heterocycles. The predicted molar refractivity (Wildman–Crippen MR) is 123 cm³/mol. The van der Waals surface area contributed by atoms with Crippen molar-refractivity contribution in [3.63, 3.8) is 0 Å². The largest absolute Gasteiger partial charge is 0.489 e. The molecule has 7 heteroatoms. The minimum absolute atomic E-state index is 0.427. The maximum Gasteiger partial charge on any atom is 0.329 e. The van der Waals surface area contributed by atoms with Gasteiger partial charge in [0.05, 0.1) is 6.21 Å². The summed E-state index contributed by atoms with van der Waals surface area (Å²) in [5, 5.41) is 7.06. The van der Waals surface area contributed by atoms with Crippen LogP contribution < -0.4 is 15.5 Å². The molecule has 6 nitrogen and oxygen atoms in total. The van der Waals surface area contributed by atoms with E-state index in [-0.39, 0.29) is 0 Å². The molecule has 0 unspecified atom stereocenters. The lowest BCUT2D eigenvalue weighted by atomic mass is 10.1. The second-order valence-corrected chi connectivity index (χ2v) is 7.37. The first-order valence-corrected chi connectivity index (χ1v) is 9.97. The minimum Gasteiger partial charge on any atom is -0.489 e. The first-order valence-electron chi connectivity index (χ1n) is 9.59. The van der Waals surface area contributed by atoms with E-state index in [0.717, 1.165) is 22.3 Å². The Labute approximate surface area is 185 Å². The number of hydrogen-bond donors (Lipinski definition) is 2. The predicted octanol–water partition coefficient (Wildman–Crippen LogP) is 4.62. The van der Waals surface area contributed by atoms with Gasteiger partial charge in [-0.1, -0.05) is 29.8 Å². The van der Waals surface area contributed by atoms with Crippen molar-refractivity contribution in [2.24, 2.45) is 5.10 Å². The molecule has 158 valence electrons. The Morgan fingerprint density at radius 2 is 1.65 bits per heavy atom. The van der Waals surface area contributed by atoms with Crippen LogP contribution in [0.15, 0.2) is 71.8 Å². The highest BCUT2D eigenvalue weighted by atomic mass is 35.5. The molecule has 3 aromatic rings. The molecule has 0 aliphatic heterocycles. The van der Waals surface area contributed by atoms with E-state index in [2.05, 4.69) is 15.8 Å². The molecule has 0 radical (unpaired) electrons. The fraction of sp³-hybridized carbons (Fsp3) is 0.125. The maximum absolute atomic E-state index is 12.0. The average Bonchev–Trinajstić information content (AvgIpc) is 2.76. The van der Waals surface area contributed by atoms with Crippen LogP contribution in [-0.2, 0) is 16.2 Å². The van der Waals surface area contributed by atoms with Crippen LogP contribution in [0.4, 0.5) is 5.69 Å². The molecule has 0 bridgehead atoms. The van der Waals surface area contributed by atoms with Gasteiger partial charge in [-0.05, 0) is 84.6 Å². The van der Waals surface area contributed by atoms with Crippen molar-refractivity contribution in [2.45, 2.75) is 20.5 Å². The quantitative estimate of drug-likeness (QED) is 0.336. The van der Waals surface area contributed by atoms with Crippen LogP contribution in [-0.4, -0.2) is 18.0 Å². The molecule has 2 amide bonds. The highest BCUT2D eigenvalue weighted by Crippen LogP contribution is 2.16. The Morgan fingerprint density at radius 3 is 2.32 bits per heavy atom. The summed E-state index contributed by atoms with van der Waals surface area (Å²) in [5.41, 5.74) is 6.66. The van der Waals surface area contributed by atoms with Crippen molar-refractivity contribution in [2.75, 3.05) is 5.32 Å². The van der Waals surface area contributed by atoms with E-state index >= 15 is 0 Å². The van der Waals surface area contributed by atoms with Gasteiger partial charge in [-0.2, -0.15) is 5.10 Å². The maximum atomic E-state index is 12.0. The number of anilines is 1. The zero-order valence-corrected chi connectivity index (χ0v) is 17.9. The average molecular weight is 436 g/mol. The molecule has 0 heterocycles. The molecule has 3 rings (SSSR count). The van der Waals surface area contributed by atoms with Gasteiger partial charge in [0.15, 0.2) is 0 Å². The number of nitrogens with one attached hydrogen (secondary N) is 2. The number of hydrogen-bond acceptors (Lipinski definition) is 4. The summed E-state index contributed by atoms with van der Waals surface area (Å²) < 4.78 is 5.72. The Hall–Kier alpha value is -3.64. The molecular weight excluding hydrogens is 414 g/mol. The Bertz CT molecular complexity index is 1090. The smallest absolute Gasteiger partial charge is 0.329 e. The summed E-state index contributed by atoms with van der Waals surface area (Å²) in [6.45, 7) is 4.33. The third-order valence-electron chi connectivity index (χ3n) is 4.55. The number of ether oxygens (including phenoxy) is 1. The van der Waals surface area contributed by atoms with Crippen LogP contribution in [0.3, 0.4) is 0 Å². The number of carbonyl (C=O) groups excluding carboxylic acids is 2. The highest BCUT2D eigenvalue weighted by Gasteiger charge is 2.13. The molecular formula is C24H22ClN3O3. The van der Waals surface area contributed by atoms with E-state index in [0.29, 0.717) is 23.1 Å². The standard InChI is InChI=1S/C24H22ClN3O3/c1-16-3-10-21(13-17(16)2)27-23(29)24(30)28-26-14-18-6-11-22(12-7-18)31-15-19-4-8-20(25)9-5-19/h3-14H,15H2,1-2H3,(H,27,29)(H,28,30)/b26-14+. The number of nitrogens with zero attached hydrogens (tertiary/aromatic N) is 1. The lowest BCUT2D eigenvalue weighted by Crippen LogP contribution is -2.32. The van der Waals surface area contributed by atoms with Crippen LogP contribution in [0, 0.1) is 13.8 Å². The fourth-order valence-corrected chi connectivity index (χ4v) is 2.75. The van der Waals surface area contributed by atoms with Gasteiger partial charge in [0, 0.05) is 10.7 Å². The van der Waals surface area contributed by atoms with E-state index in [9.17, 15) is 9.59 Å². The van der Waals surface area contributed by atoms with E-state index in [4.69, 9.17) is 16.3 Å². The van der Waals surface area contributed by atoms with Gasteiger partial charge in [-0.3, -0.25) is 9.59 Å². The SMILES string of the molecule is Cc1ccc(NC(=O)C(=O)N/N=C/c2ccc(OCc3ccc(Cl)cc3)cc2)cc1C. The topological polar surface area (TPSA) is 79.8 Å². The summed E-state index contributed by atoms with van der Waals surface area (Å²) in [7, 11) is 0. The monoisotopic (exact) mass is 435 g/mol. The zero-order valence-electron chi connectivity index (χ0n) is 17.2. The van der Waals surface area contributed by atoms with Gasteiger partial charge in [0.25, 0.3) is 0 Å². The normalized spacial score (nSPS) is 10.7. The molecule has 0 aliphatic carbocycles. The summed E-state index contributed by atoms with van der Waals surface area (Å²) in [5.74, 6) is -0.937. The molecule has 0 fully saturated rings. The second-order valence-electron chi connectivity index (χ2n) is 6.94. The van der Waals surface area contributed by atoms with Gasteiger partial charge in [-0.25, -0.2) is 5.43 Å². The lowest BCUT2D eigenvalue weighted by molar-refractivity contribution is -0.136. The number of aryl methyl sites for hydroxylation is 2. The van der Waals surface area contributed by atoms with Crippen molar-refractivity contribution < 1.29 is 14.3 Å². The van der Waals surface area contributed by atoms with Crippen LogP contribution in [0.25, 0.3) is 0 Å². The van der Waals surface area contributed by atoms with Gasteiger partial charge < -0.3 is 10.1 Å². The third-order valence-corrected chi connectivity index (χ3v) is 4.80. The van der Waals surface area contributed by atoms with Crippen molar-refractivity contribution in [1.29, 1.82) is 0 Å². The molecule has 2 N–H and O–H groups in total. The molecule has 3 aromatic carbocycles. The summed E-state index contributed by atoms with van der Waals surface area (Å²) >= 11 is 5.87. The first-order chi connectivity index (χ1) is 14.9. The second kappa shape index (κ2) is 10.4. The van der Waals surface area contributed by atoms with E-state index < -0.39 is 11.8 Å². The van der Waals surface area contributed by atoms with Crippen LogP contribution in [0.2, 0.25) is 5.02 Å². The minimum atomic E-state index is -0.850. The number of hydrazone groups is 1. The highest BCUT2D eigenvalue weighted by molar-refractivity contribution is 6.39. The zero-order chi connectivity index (χ0) is 22.2. The van der Waals surface area contributed by atoms with E-state index in [1.165, 1.54) is 6.21 Å². The van der Waals surface area contributed by atoms with Crippen molar-refractivity contribution >= 4 is 35.3 Å². The van der Waals surface area contributed by atoms with Crippen LogP contribution in [0.5, 0.6) is 5.75 Å². The number of halogens is 1. The summed E-state index contributed by atoms with van der Waals surface area (Å²) in [6.07, 6.45) is 1.45. The summed E-state index contributed by atoms with van der Waals surface area (Å²) in [6, 6.07) is 20.1. The molecule has 0 atom stereocenters. The number of amides is 2. The molecule has 31 heavy (non-hydrogen) atoms. The Balaban J connectivity index is 1.47. The van der Waals surface area contributed by atoms with Gasteiger partial charge in [-0.15, -0.1) is 0 Å². The first kappa shape index (κ1) is 22.1. The number of rotatable bonds is 6. The fourth-order valence-electron chi connectivity index (χ4n) is 2.62. The lowest BCUT2D eigenvalue weighted by Gasteiger charge is -2.07. The van der Waals surface area contributed by atoms with Gasteiger partial charge in [0.2, 0.25) is 0 Å². The van der Waals surface area contributed by atoms with E-state index in [1.807, 2.05) is 44.2 Å². The summed E-state index contributed by atoms with van der Waals surface area (Å²) in [4.78, 5) is 23.9. The van der Waals surface area contributed by atoms with Crippen LogP contribution >= 0.6 is 11.6 Å². The Kier molecular flexibility index (Phi) is 7.40. The number of benzene rings is 3.